The Morgan fingerprint density at radius 2 is 1.19 bits per heavy atom. The van der Waals surface area contributed by atoms with Crippen molar-refractivity contribution in [1.29, 1.82) is 10.5 Å². The van der Waals surface area contributed by atoms with Gasteiger partial charge in [-0.3, -0.25) is 0 Å². The van der Waals surface area contributed by atoms with E-state index in [0.29, 0.717) is 10.4 Å². The molecule has 4 rings (SSSR count). The van der Waals surface area contributed by atoms with Gasteiger partial charge in [0.25, 0.3) is 11.4 Å². The molecule has 2 aromatic carbocycles. The predicted molar refractivity (Wildman–Crippen MR) is 105 cm³/mol. The van der Waals surface area contributed by atoms with Crippen LogP contribution >= 0.6 is 22.7 Å². The molecule has 118 valence electrons. The molecule has 0 aliphatic rings. The number of fused-ring (bicyclic) bond motifs is 5. The lowest BCUT2D eigenvalue weighted by Crippen LogP contribution is -2.08. The average molecular weight is 366 g/mol. The molecule has 0 aliphatic carbocycles. The third kappa shape index (κ3) is 2.08. The molecule has 0 saturated carbocycles. The SMILES string of the molecule is [C-]#[N+]/C(C#N)=c1/cc2c3ccsc3/c(=C(\C#N)[N+]#[C-])cc2c2ccsc12. The normalized spacial score (nSPS) is 12.9. The highest BCUT2D eigenvalue weighted by Gasteiger charge is 2.13. The molecule has 26 heavy (non-hydrogen) atoms. The first-order valence-corrected chi connectivity index (χ1v) is 9.13. The fraction of sp³-hybridized carbons (Fsp3) is 0. The number of rotatable bonds is 0. The van der Waals surface area contributed by atoms with E-state index < -0.39 is 0 Å². The van der Waals surface area contributed by atoms with Gasteiger partial charge in [0.1, 0.15) is 0 Å². The number of hydrogen-bond acceptors (Lipinski definition) is 4. The minimum Gasteiger partial charge on any atom is -0.226 e. The van der Waals surface area contributed by atoms with Gasteiger partial charge in [0.05, 0.1) is 25.3 Å². The van der Waals surface area contributed by atoms with Gasteiger partial charge in [-0.05, 0) is 44.4 Å². The van der Waals surface area contributed by atoms with Crippen LogP contribution in [0.3, 0.4) is 0 Å². The summed E-state index contributed by atoms with van der Waals surface area (Å²) >= 11 is 2.95. The van der Waals surface area contributed by atoms with Crippen LogP contribution in [0.25, 0.3) is 52.0 Å². The average Bonchev–Trinajstić information content (AvgIpc) is 3.33. The van der Waals surface area contributed by atoms with Crippen LogP contribution in [0.2, 0.25) is 0 Å². The Hall–Kier alpha value is -3.68. The summed E-state index contributed by atoms with van der Waals surface area (Å²) in [5.74, 6) is 0. The Labute approximate surface area is 156 Å². The molecule has 0 aliphatic heterocycles. The van der Waals surface area contributed by atoms with Crippen molar-refractivity contribution in [3.63, 3.8) is 0 Å². The van der Waals surface area contributed by atoms with Crippen molar-refractivity contribution >= 4 is 65.0 Å². The van der Waals surface area contributed by atoms with Crippen molar-refractivity contribution in [2.24, 2.45) is 0 Å². The Bertz CT molecular complexity index is 1370. The van der Waals surface area contributed by atoms with Crippen molar-refractivity contribution in [2.75, 3.05) is 0 Å². The summed E-state index contributed by atoms with van der Waals surface area (Å²) in [6, 6.07) is 11.7. The van der Waals surface area contributed by atoms with E-state index in [1.54, 1.807) is 0 Å². The van der Waals surface area contributed by atoms with Gasteiger partial charge in [0.15, 0.2) is 0 Å². The van der Waals surface area contributed by atoms with Crippen molar-refractivity contribution in [2.45, 2.75) is 0 Å². The molecule has 4 nitrogen and oxygen atoms in total. The fourth-order valence-corrected chi connectivity index (χ4v) is 4.98. The van der Waals surface area contributed by atoms with E-state index >= 15 is 0 Å². The van der Waals surface area contributed by atoms with Crippen LogP contribution in [0, 0.1) is 35.8 Å². The van der Waals surface area contributed by atoms with Gasteiger partial charge in [-0.15, -0.1) is 22.7 Å². The van der Waals surface area contributed by atoms with E-state index in [9.17, 15) is 10.5 Å². The standard InChI is InChI=1S/C20H6N4S2/c1-23-17(9-21)15-7-13-12-4-6-26-20(12)16(18(10-22)24-2)8-14(13)11-3-5-25-19(11)15/h3-8H/b17-15-,18-16+. The van der Waals surface area contributed by atoms with E-state index in [-0.39, 0.29) is 11.4 Å². The first-order chi connectivity index (χ1) is 12.7. The Kier molecular flexibility index (Phi) is 3.65. The summed E-state index contributed by atoms with van der Waals surface area (Å²) in [5, 5.41) is 27.5. The minimum atomic E-state index is 0.0669. The third-order valence-corrected chi connectivity index (χ3v) is 6.11. The van der Waals surface area contributed by atoms with Crippen LogP contribution in [0.5, 0.6) is 0 Å². The van der Waals surface area contributed by atoms with Crippen LogP contribution in [-0.2, 0) is 0 Å². The largest absolute Gasteiger partial charge is 0.270 e. The van der Waals surface area contributed by atoms with Crippen molar-refractivity contribution in [3.05, 3.63) is 68.3 Å². The number of thiophene rings is 2. The van der Waals surface area contributed by atoms with E-state index in [4.69, 9.17) is 13.1 Å². The zero-order valence-corrected chi connectivity index (χ0v) is 14.7. The summed E-state index contributed by atoms with van der Waals surface area (Å²) in [7, 11) is 0. The van der Waals surface area contributed by atoms with Crippen molar-refractivity contribution < 1.29 is 0 Å². The molecule has 2 heterocycles. The van der Waals surface area contributed by atoms with Crippen LogP contribution in [0.15, 0.2) is 35.0 Å². The van der Waals surface area contributed by atoms with E-state index in [2.05, 4.69) is 9.69 Å². The Balaban J connectivity index is 2.44. The van der Waals surface area contributed by atoms with Crippen molar-refractivity contribution in [3.8, 4) is 12.1 Å². The molecular formula is C20H6N4S2. The lowest BCUT2D eigenvalue weighted by Gasteiger charge is -2.05. The maximum Gasteiger partial charge on any atom is 0.270 e. The van der Waals surface area contributed by atoms with Gasteiger partial charge >= 0.3 is 0 Å². The number of hydrogen-bond donors (Lipinski definition) is 0. The molecule has 2 aromatic heterocycles. The van der Waals surface area contributed by atoms with Gasteiger partial charge in [-0.1, -0.05) is 12.1 Å². The molecule has 0 N–H and O–H groups in total. The molecular weight excluding hydrogens is 360 g/mol. The van der Waals surface area contributed by atoms with Crippen LogP contribution in [0.1, 0.15) is 0 Å². The summed E-state index contributed by atoms with van der Waals surface area (Å²) in [6.45, 7) is 14.6. The van der Waals surface area contributed by atoms with Gasteiger partial charge in [-0.25, -0.2) is 20.2 Å². The van der Waals surface area contributed by atoms with Crippen molar-refractivity contribution in [1.82, 2.24) is 0 Å². The molecule has 0 radical (unpaired) electrons. The van der Waals surface area contributed by atoms with Crippen LogP contribution in [0.4, 0.5) is 0 Å². The number of nitriles is 2. The molecule has 0 fully saturated rings. The third-order valence-electron chi connectivity index (χ3n) is 4.21. The number of benzene rings is 2. The maximum atomic E-state index is 9.34. The molecule has 6 heteroatoms. The molecule has 0 spiro atoms. The monoisotopic (exact) mass is 366 g/mol. The molecule has 0 amide bonds. The smallest absolute Gasteiger partial charge is 0.226 e. The highest BCUT2D eigenvalue weighted by atomic mass is 32.1. The second-order valence-corrected chi connectivity index (χ2v) is 7.25. The molecule has 0 saturated heterocycles. The lowest BCUT2D eigenvalue weighted by atomic mass is 10.00. The van der Waals surface area contributed by atoms with E-state index in [1.165, 1.54) is 22.7 Å². The molecule has 4 aromatic rings. The van der Waals surface area contributed by atoms with E-state index in [0.717, 1.165) is 30.9 Å². The second kappa shape index (κ2) is 5.99. The number of nitrogens with zero attached hydrogens (tertiary/aromatic N) is 4. The fourth-order valence-electron chi connectivity index (χ4n) is 3.12. The van der Waals surface area contributed by atoms with Gasteiger partial charge in [0, 0.05) is 19.8 Å². The second-order valence-electron chi connectivity index (χ2n) is 5.41. The summed E-state index contributed by atoms with van der Waals surface area (Å²) in [4.78, 5) is 6.76. The summed E-state index contributed by atoms with van der Waals surface area (Å²) in [5.41, 5.74) is 0.134. The van der Waals surface area contributed by atoms with E-state index in [1.807, 2.05) is 47.2 Å². The maximum absolute atomic E-state index is 9.34. The topological polar surface area (TPSA) is 56.3 Å². The highest BCUT2D eigenvalue weighted by molar-refractivity contribution is 7.17. The van der Waals surface area contributed by atoms with Gasteiger partial charge < -0.3 is 0 Å². The zero-order chi connectivity index (χ0) is 18.3. The lowest BCUT2D eigenvalue weighted by molar-refractivity contribution is 1.53. The molecule has 0 unspecified atom stereocenters. The minimum absolute atomic E-state index is 0.0669. The van der Waals surface area contributed by atoms with Crippen LogP contribution in [-0.4, -0.2) is 0 Å². The predicted octanol–water partition coefficient (Wildman–Crippen LogP) is 4.37. The Morgan fingerprint density at radius 1 is 0.769 bits per heavy atom. The van der Waals surface area contributed by atoms with Gasteiger partial charge in [-0.2, -0.15) is 0 Å². The highest BCUT2D eigenvalue weighted by Crippen LogP contribution is 2.32. The first kappa shape index (κ1) is 15.8. The summed E-state index contributed by atoms with van der Waals surface area (Å²) < 4.78 is 1.73. The van der Waals surface area contributed by atoms with Gasteiger partial charge in [0.2, 0.25) is 0 Å². The zero-order valence-electron chi connectivity index (χ0n) is 13.1. The summed E-state index contributed by atoms with van der Waals surface area (Å²) in [6.07, 6.45) is 0. The first-order valence-electron chi connectivity index (χ1n) is 7.37. The Morgan fingerprint density at radius 3 is 1.54 bits per heavy atom. The van der Waals surface area contributed by atoms with Crippen LogP contribution < -0.4 is 10.4 Å². The quantitative estimate of drug-likeness (QED) is 0.434. The molecule has 0 atom stereocenters. The molecule has 0 bridgehead atoms.